The van der Waals surface area contributed by atoms with E-state index in [2.05, 4.69) is 34.4 Å². The average Bonchev–Trinajstić information content (AvgIpc) is 3.38. The van der Waals surface area contributed by atoms with Crippen molar-refractivity contribution in [3.8, 4) is 28.4 Å². The van der Waals surface area contributed by atoms with E-state index in [-0.39, 0.29) is 29.0 Å². The Hall–Kier alpha value is -4.64. The first-order valence-electron chi connectivity index (χ1n) is 16.0. The van der Waals surface area contributed by atoms with E-state index in [9.17, 15) is 14.4 Å². The molecule has 1 heterocycles. The molecule has 2 atom stereocenters. The van der Waals surface area contributed by atoms with Crippen LogP contribution in [0.2, 0.25) is 0 Å². The van der Waals surface area contributed by atoms with Crippen molar-refractivity contribution < 1.29 is 23.8 Å². The van der Waals surface area contributed by atoms with E-state index < -0.39 is 12.1 Å². The molecule has 5 rings (SSSR count). The molecule has 10 nitrogen and oxygen atoms in total. The molecule has 4 aromatic rings. The van der Waals surface area contributed by atoms with E-state index in [1.54, 1.807) is 45.2 Å². The summed E-state index contributed by atoms with van der Waals surface area (Å²) in [5.74, 6) is 1.70. The van der Waals surface area contributed by atoms with Crippen LogP contribution >= 0.6 is 11.8 Å². The van der Waals surface area contributed by atoms with E-state index in [1.165, 1.54) is 6.92 Å². The number of nitrogens with one attached hydrogen (secondary N) is 3. The number of aryl methyl sites for hydroxylation is 1. The van der Waals surface area contributed by atoms with Gasteiger partial charge in [0.05, 0.1) is 44.3 Å². The third-order valence-electron chi connectivity index (χ3n) is 8.75. The fraction of sp³-hybridized carbons (Fsp3) is 0.378. The van der Waals surface area contributed by atoms with Crippen molar-refractivity contribution in [3.05, 3.63) is 76.1 Å². The fourth-order valence-corrected chi connectivity index (χ4v) is 6.96. The van der Waals surface area contributed by atoms with Crippen LogP contribution in [0.25, 0.3) is 22.0 Å². The summed E-state index contributed by atoms with van der Waals surface area (Å²) in [5.41, 5.74) is 4.79. The minimum atomic E-state index is -0.688. The van der Waals surface area contributed by atoms with E-state index in [4.69, 9.17) is 14.2 Å². The zero-order valence-electron chi connectivity index (χ0n) is 28.6. The van der Waals surface area contributed by atoms with E-state index >= 15 is 0 Å². The zero-order chi connectivity index (χ0) is 34.5. The molecule has 254 valence electrons. The molecule has 0 aliphatic heterocycles. The number of anilines is 2. The quantitative estimate of drug-likeness (QED) is 0.155. The van der Waals surface area contributed by atoms with E-state index in [1.807, 2.05) is 48.9 Å². The van der Waals surface area contributed by atoms with Gasteiger partial charge in [0.2, 0.25) is 23.0 Å². The smallest absolute Gasteiger partial charge is 0.246 e. The minimum Gasteiger partial charge on any atom is -0.493 e. The number of aromatic nitrogens is 1. The van der Waals surface area contributed by atoms with Crippen LogP contribution in [-0.4, -0.2) is 55.8 Å². The molecule has 2 unspecified atom stereocenters. The predicted octanol–water partition coefficient (Wildman–Crippen LogP) is 6.57. The van der Waals surface area contributed by atoms with Gasteiger partial charge >= 0.3 is 0 Å². The molecule has 0 bridgehead atoms. The van der Waals surface area contributed by atoms with Crippen LogP contribution in [0.1, 0.15) is 56.8 Å². The molecule has 0 saturated carbocycles. The second-order valence-corrected chi connectivity index (χ2v) is 13.1. The van der Waals surface area contributed by atoms with Crippen molar-refractivity contribution in [1.82, 2.24) is 9.88 Å². The van der Waals surface area contributed by atoms with Gasteiger partial charge in [0.1, 0.15) is 6.04 Å². The van der Waals surface area contributed by atoms with E-state index in [0.717, 1.165) is 27.6 Å². The molecular formula is C37H44N4O6S. The monoisotopic (exact) mass is 672 g/mol. The van der Waals surface area contributed by atoms with Crippen LogP contribution in [-0.2, 0) is 16.0 Å². The summed E-state index contributed by atoms with van der Waals surface area (Å²) in [5, 5.41) is 10.4. The van der Waals surface area contributed by atoms with Gasteiger partial charge in [-0.2, -0.15) is 11.8 Å². The third-order valence-corrected chi connectivity index (χ3v) is 9.39. The molecule has 3 N–H and O–H groups in total. The molecule has 1 aliphatic carbocycles. The summed E-state index contributed by atoms with van der Waals surface area (Å²) in [7, 11) is 4.69. The van der Waals surface area contributed by atoms with Crippen LogP contribution in [0.5, 0.6) is 17.2 Å². The van der Waals surface area contributed by atoms with Crippen LogP contribution in [0.4, 0.5) is 11.4 Å². The molecule has 2 amide bonds. The number of amides is 2. The Kier molecular flexibility index (Phi) is 10.9. The SMILES string of the molecule is COc1cc2c(c(OC)c1OC)-c1ccc(NC(CCSC)C(=O)Nc3cccc4c3ccn4C(C)C)c(=O)cc1C(NC(C)=O)CC2. The Labute approximate surface area is 285 Å². The standard InChI is InChI=1S/C37H44N4O6S/c1-21(2)41-17-15-25-27(9-8-10-31(25)41)40-37(44)30(16-18-48-7)39-29-14-12-24-26(20-32(29)43)28(38-22(3)42)13-11-23-19-33(45-4)35(46-5)36(47-6)34(23)24/h8-10,12,14-15,17,19-21,28,30H,11,13,16,18H2,1-7H3,(H,38,42)(H,39,43)(H,40,44). The first-order chi connectivity index (χ1) is 23.1. The van der Waals surface area contributed by atoms with Crippen molar-refractivity contribution in [1.29, 1.82) is 0 Å². The molecule has 3 aromatic carbocycles. The molecule has 0 saturated heterocycles. The van der Waals surface area contributed by atoms with Crippen molar-refractivity contribution in [2.45, 2.75) is 58.2 Å². The largest absolute Gasteiger partial charge is 0.493 e. The lowest BCUT2D eigenvalue weighted by molar-refractivity contribution is -0.120. The number of fused-ring (bicyclic) bond motifs is 4. The highest BCUT2D eigenvalue weighted by molar-refractivity contribution is 7.98. The van der Waals surface area contributed by atoms with Gasteiger partial charge in [-0.1, -0.05) is 12.1 Å². The second kappa shape index (κ2) is 15.1. The fourth-order valence-electron chi connectivity index (χ4n) is 6.49. The lowest BCUT2D eigenvalue weighted by atomic mass is 9.95. The number of carbonyl (C=O) groups excluding carboxylic acids is 2. The van der Waals surface area contributed by atoms with Crippen molar-refractivity contribution in [3.63, 3.8) is 0 Å². The summed E-state index contributed by atoms with van der Waals surface area (Å²) >= 11 is 1.63. The summed E-state index contributed by atoms with van der Waals surface area (Å²) in [4.78, 5) is 40.2. The van der Waals surface area contributed by atoms with Gasteiger partial charge in [0, 0.05) is 30.1 Å². The topological polar surface area (TPSA) is 120 Å². The lowest BCUT2D eigenvalue weighted by Crippen LogP contribution is -2.36. The van der Waals surface area contributed by atoms with Crippen molar-refractivity contribution in [2.24, 2.45) is 0 Å². The molecule has 1 aliphatic rings. The first kappa shape index (κ1) is 34.7. The predicted molar refractivity (Wildman–Crippen MR) is 194 cm³/mol. The number of carbonyl (C=O) groups is 2. The highest BCUT2D eigenvalue weighted by Gasteiger charge is 2.30. The van der Waals surface area contributed by atoms with Gasteiger partial charge in [0.25, 0.3) is 0 Å². The Morgan fingerprint density at radius 3 is 2.44 bits per heavy atom. The second-order valence-electron chi connectivity index (χ2n) is 12.1. The number of ether oxygens (including phenoxy) is 3. The van der Waals surface area contributed by atoms with Gasteiger partial charge in [-0.05, 0) is 98.2 Å². The number of thioether (sulfide) groups is 1. The Morgan fingerprint density at radius 2 is 1.77 bits per heavy atom. The summed E-state index contributed by atoms with van der Waals surface area (Å²) < 4.78 is 19.4. The summed E-state index contributed by atoms with van der Waals surface area (Å²) in [6, 6.07) is 14.1. The molecule has 1 aromatic heterocycles. The molecular weight excluding hydrogens is 628 g/mol. The number of methoxy groups -OCH3 is 3. The van der Waals surface area contributed by atoms with Gasteiger partial charge in [0.15, 0.2) is 11.5 Å². The van der Waals surface area contributed by atoms with Gasteiger partial charge in [-0.15, -0.1) is 0 Å². The number of benzene rings is 2. The van der Waals surface area contributed by atoms with Gasteiger partial charge in [-0.3, -0.25) is 14.4 Å². The van der Waals surface area contributed by atoms with Crippen LogP contribution in [0.15, 0.2) is 59.5 Å². The first-order valence-corrected chi connectivity index (χ1v) is 17.4. The number of hydrogen-bond donors (Lipinski definition) is 3. The normalized spacial score (nSPS) is 14.4. The van der Waals surface area contributed by atoms with Crippen LogP contribution in [0, 0.1) is 0 Å². The zero-order valence-corrected chi connectivity index (χ0v) is 29.4. The maximum atomic E-state index is 14.0. The van der Waals surface area contributed by atoms with Crippen molar-refractivity contribution >= 4 is 45.9 Å². The molecule has 0 spiro atoms. The number of rotatable bonds is 12. The number of hydrogen-bond acceptors (Lipinski definition) is 8. The maximum absolute atomic E-state index is 14.0. The lowest BCUT2D eigenvalue weighted by Gasteiger charge is -2.19. The molecule has 0 fully saturated rings. The number of nitrogens with zero attached hydrogens (tertiary/aromatic N) is 1. The Bertz CT molecular complexity index is 1890. The van der Waals surface area contributed by atoms with Crippen LogP contribution < -0.4 is 35.6 Å². The van der Waals surface area contributed by atoms with Gasteiger partial charge < -0.3 is 34.7 Å². The summed E-state index contributed by atoms with van der Waals surface area (Å²) in [6.07, 6.45) is 5.65. The van der Waals surface area contributed by atoms with Crippen molar-refractivity contribution in [2.75, 3.05) is 44.0 Å². The van der Waals surface area contributed by atoms with Gasteiger partial charge in [-0.25, -0.2) is 0 Å². The Morgan fingerprint density at radius 1 is 1.00 bits per heavy atom. The average molecular weight is 673 g/mol. The maximum Gasteiger partial charge on any atom is 0.246 e. The van der Waals surface area contributed by atoms with E-state index in [0.29, 0.717) is 53.5 Å². The highest BCUT2D eigenvalue weighted by atomic mass is 32.2. The minimum absolute atomic E-state index is 0.205. The molecule has 11 heteroatoms. The summed E-state index contributed by atoms with van der Waals surface area (Å²) in [6.45, 7) is 5.70. The van der Waals surface area contributed by atoms with Crippen LogP contribution in [0.3, 0.4) is 0 Å². The highest BCUT2D eigenvalue weighted by Crippen LogP contribution is 2.50. The molecule has 0 radical (unpaired) electrons. The molecule has 48 heavy (non-hydrogen) atoms. The Balaban J connectivity index is 1.58. The third kappa shape index (κ3) is 6.96.